The Morgan fingerprint density at radius 2 is 1.95 bits per heavy atom. The van der Waals surface area contributed by atoms with Gasteiger partial charge < -0.3 is 10.6 Å². The van der Waals surface area contributed by atoms with Crippen LogP contribution in [0.1, 0.15) is 19.8 Å². The second kappa shape index (κ2) is 6.91. The molecule has 1 amide bonds. The summed E-state index contributed by atoms with van der Waals surface area (Å²) in [6, 6.07) is 6.66. The first-order chi connectivity index (χ1) is 9.98. The zero-order valence-corrected chi connectivity index (χ0v) is 12.9. The summed E-state index contributed by atoms with van der Waals surface area (Å²) < 4.78 is 25.3. The van der Waals surface area contributed by atoms with Crippen LogP contribution in [0.25, 0.3) is 0 Å². The highest BCUT2D eigenvalue weighted by molar-refractivity contribution is 7.92. The second-order valence-electron chi connectivity index (χ2n) is 5.19. The van der Waals surface area contributed by atoms with Crippen molar-refractivity contribution in [2.75, 3.05) is 28.9 Å². The van der Waals surface area contributed by atoms with Gasteiger partial charge in [0.15, 0.2) is 0 Å². The molecule has 1 unspecified atom stereocenters. The van der Waals surface area contributed by atoms with Crippen molar-refractivity contribution in [2.45, 2.75) is 19.8 Å². The number of nitrogens with one attached hydrogen (secondary N) is 3. The molecule has 1 atom stereocenters. The smallest absolute Gasteiger partial charge is 0.232 e. The molecule has 1 aliphatic heterocycles. The van der Waals surface area contributed by atoms with Gasteiger partial charge in [-0.25, -0.2) is 8.42 Å². The molecule has 7 heteroatoms. The van der Waals surface area contributed by atoms with E-state index in [1.807, 2.05) is 0 Å². The van der Waals surface area contributed by atoms with Gasteiger partial charge in [0.2, 0.25) is 15.9 Å². The molecule has 1 saturated heterocycles. The van der Waals surface area contributed by atoms with E-state index in [1.54, 1.807) is 31.2 Å². The van der Waals surface area contributed by atoms with Gasteiger partial charge in [0.1, 0.15) is 0 Å². The van der Waals surface area contributed by atoms with Crippen LogP contribution in [0.15, 0.2) is 24.3 Å². The average Bonchev–Trinajstić information content (AvgIpc) is 2.93. The molecule has 0 spiro atoms. The molecule has 1 heterocycles. The molecule has 116 valence electrons. The molecule has 3 N–H and O–H groups in total. The van der Waals surface area contributed by atoms with E-state index in [0.717, 1.165) is 19.5 Å². The van der Waals surface area contributed by atoms with E-state index >= 15 is 0 Å². The number of sulfonamides is 1. The highest BCUT2D eigenvalue weighted by Crippen LogP contribution is 2.17. The molecule has 0 saturated carbocycles. The predicted molar refractivity (Wildman–Crippen MR) is 83.7 cm³/mol. The number of rotatable bonds is 6. The fourth-order valence-corrected chi connectivity index (χ4v) is 2.88. The van der Waals surface area contributed by atoms with E-state index < -0.39 is 10.0 Å². The zero-order valence-electron chi connectivity index (χ0n) is 12.1. The number of amides is 1. The average molecular weight is 311 g/mol. The first-order valence-corrected chi connectivity index (χ1v) is 8.75. The van der Waals surface area contributed by atoms with Crippen molar-refractivity contribution in [1.82, 2.24) is 5.32 Å². The third-order valence-electron chi connectivity index (χ3n) is 3.46. The van der Waals surface area contributed by atoms with Crippen molar-refractivity contribution >= 4 is 27.3 Å². The number of benzene rings is 1. The van der Waals surface area contributed by atoms with Crippen LogP contribution in [0.5, 0.6) is 0 Å². The maximum atomic E-state index is 11.9. The minimum Gasteiger partial charge on any atom is -0.326 e. The lowest BCUT2D eigenvalue weighted by molar-refractivity contribution is -0.116. The summed E-state index contributed by atoms with van der Waals surface area (Å²) in [5, 5.41) is 6.06. The van der Waals surface area contributed by atoms with Gasteiger partial charge in [0.05, 0.1) is 5.75 Å². The molecule has 1 fully saturated rings. The third kappa shape index (κ3) is 5.02. The molecule has 1 aromatic rings. The summed E-state index contributed by atoms with van der Waals surface area (Å²) in [5.74, 6) is 0.423. The topological polar surface area (TPSA) is 87.3 Å². The molecule has 6 nitrogen and oxygen atoms in total. The van der Waals surface area contributed by atoms with Gasteiger partial charge in [-0.1, -0.05) is 0 Å². The van der Waals surface area contributed by atoms with Crippen molar-refractivity contribution in [3.05, 3.63) is 24.3 Å². The molecule has 1 aromatic carbocycles. The Hall–Kier alpha value is -1.60. The fourth-order valence-electron chi connectivity index (χ4n) is 2.24. The van der Waals surface area contributed by atoms with E-state index in [0.29, 0.717) is 23.7 Å². The predicted octanol–water partition coefficient (Wildman–Crippen LogP) is 1.39. The number of anilines is 2. The number of hydrogen-bond donors (Lipinski definition) is 3. The second-order valence-corrected chi connectivity index (χ2v) is 7.20. The standard InChI is InChI=1S/C14H21N3O3S/c1-2-21(19,20)17-13-5-3-12(4-6-13)16-14(18)9-11-7-8-15-10-11/h3-6,11,15,17H,2,7-10H2,1H3,(H,16,18). The largest absolute Gasteiger partial charge is 0.326 e. The van der Waals surface area contributed by atoms with Crippen molar-refractivity contribution in [1.29, 1.82) is 0 Å². The lowest BCUT2D eigenvalue weighted by atomic mass is 10.0. The molecule has 0 bridgehead atoms. The van der Waals surface area contributed by atoms with E-state index in [2.05, 4.69) is 15.4 Å². The van der Waals surface area contributed by atoms with E-state index in [4.69, 9.17) is 0 Å². The molecule has 21 heavy (non-hydrogen) atoms. The van der Waals surface area contributed by atoms with Crippen LogP contribution in [0.3, 0.4) is 0 Å². The summed E-state index contributed by atoms with van der Waals surface area (Å²) in [4.78, 5) is 11.9. The van der Waals surface area contributed by atoms with Gasteiger partial charge in [-0.15, -0.1) is 0 Å². The lowest BCUT2D eigenvalue weighted by Crippen LogP contribution is -2.18. The SMILES string of the molecule is CCS(=O)(=O)Nc1ccc(NC(=O)CC2CCNC2)cc1. The molecule has 0 radical (unpaired) electrons. The van der Waals surface area contributed by atoms with Crippen LogP contribution >= 0.6 is 0 Å². The maximum absolute atomic E-state index is 11.9. The van der Waals surface area contributed by atoms with Crippen LogP contribution in [-0.4, -0.2) is 33.2 Å². The van der Waals surface area contributed by atoms with Gasteiger partial charge in [0, 0.05) is 17.8 Å². The third-order valence-corrected chi connectivity index (χ3v) is 4.77. The summed E-state index contributed by atoms with van der Waals surface area (Å²) >= 11 is 0. The van der Waals surface area contributed by atoms with Crippen molar-refractivity contribution < 1.29 is 13.2 Å². The zero-order chi connectivity index (χ0) is 15.3. The van der Waals surface area contributed by atoms with Gasteiger partial charge in [0.25, 0.3) is 0 Å². The highest BCUT2D eigenvalue weighted by atomic mass is 32.2. The first-order valence-electron chi connectivity index (χ1n) is 7.09. The Kier molecular flexibility index (Phi) is 5.19. The summed E-state index contributed by atoms with van der Waals surface area (Å²) in [6.45, 7) is 3.45. The van der Waals surface area contributed by atoms with Crippen LogP contribution < -0.4 is 15.4 Å². The summed E-state index contributed by atoms with van der Waals surface area (Å²) in [5.41, 5.74) is 1.17. The molecular weight excluding hydrogens is 290 g/mol. The van der Waals surface area contributed by atoms with Gasteiger partial charge >= 0.3 is 0 Å². The maximum Gasteiger partial charge on any atom is 0.232 e. The minimum atomic E-state index is -3.27. The number of carbonyl (C=O) groups excluding carboxylic acids is 1. The van der Waals surface area contributed by atoms with E-state index in [-0.39, 0.29) is 11.7 Å². The van der Waals surface area contributed by atoms with E-state index in [1.165, 1.54) is 0 Å². The van der Waals surface area contributed by atoms with Crippen LogP contribution in [0.4, 0.5) is 11.4 Å². The number of carbonyl (C=O) groups is 1. The van der Waals surface area contributed by atoms with Crippen molar-refractivity contribution in [3.63, 3.8) is 0 Å². The molecule has 0 aliphatic carbocycles. The highest BCUT2D eigenvalue weighted by Gasteiger charge is 2.18. The monoisotopic (exact) mass is 311 g/mol. The molecular formula is C14H21N3O3S. The Morgan fingerprint density at radius 3 is 2.52 bits per heavy atom. The Morgan fingerprint density at radius 1 is 1.29 bits per heavy atom. The molecule has 2 rings (SSSR count). The van der Waals surface area contributed by atoms with Crippen LogP contribution in [-0.2, 0) is 14.8 Å². The first kappa shape index (κ1) is 15.8. The Labute approximate surface area is 125 Å². The van der Waals surface area contributed by atoms with Crippen LogP contribution in [0, 0.1) is 5.92 Å². The quantitative estimate of drug-likeness (QED) is 0.741. The van der Waals surface area contributed by atoms with Gasteiger partial charge in [-0.2, -0.15) is 0 Å². The summed E-state index contributed by atoms with van der Waals surface area (Å²) in [7, 11) is -3.27. The van der Waals surface area contributed by atoms with Gasteiger partial charge in [-0.05, 0) is 56.6 Å². The minimum absolute atomic E-state index is 0.00871. The van der Waals surface area contributed by atoms with Crippen molar-refractivity contribution in [2.24, 2.45) is 5.92 Å². The number of hydrogen-bond acceptors (Lipinski definition) is 4. The normalized spacial score (nSPS) is 18.4. The lowest BCUT2D eigenvalue weighted by Gasteiger charge is -2.10. The van der Waals surface area contributed by atoms with E-state index in [9.17, 15) is 13.2 Å². The Bertz CT molecular complexity index is 578. The van der Waals surface area contributed by atoms with Gasteiger partial charge in [-0.3, -0.25) is 9.52 Å². The van der Waals surface area contributed by atoms with Crippen molar-refractivity contribution in [3.8, 4) is 0 Å². The fraction of sp³-hybridized carbons (Fsp3) is 0.500. The molecule has 0 aromatic heterocycles. The van der Waals surface area contributed by atoms with Crippen LogP contribution in [0.2, 0.25) is 0 Å². The summed E-state index contributed by atoms with van der Waals surface area (Å²) in [6.07, 6.45) is 1.54. The molecule has 1 aliphatic rings. The Balaban J connectivity index is 1.88.